The predicted octanol–water partition coefficient (Wildman–Crippen LogP) is 3.37. The molecule has 1 aliphatic heterocycles. The van der Waals surface area contributed by atoms with E-state index in [-0.39, 0.29) is 6.10 Å². The zero-order valence-corrected chi connectivity index (χ0v) is 13.7. The molecular weight excluding hydrogens is 300 g/mol. The van der Waals surface area contributed by atoms with Crippen molar-refractivity contribution in [2.24, 2.45) is 0 Å². The lowest BCUT2D eigenvalue weighted by Gasteiger charge is -2.11. The molecule has 1 atom stereocenters. The van der Waals surface area contributed by atoms with Crippen LogP contribution in [0.25, 0.3) is 0 Å². The van der Waals surface area contributed by atoms with E-state index >= 15 is 0 Å². The fraction of sp³-hybridized carbons (Fsp3) is 0.350. The summed E-state index contributed by atoms with van der Waals surface area (Å²) >= 11 is 0. The van der Waals surface area contributed by atoms with Crippen molar-refractivity contribution >= 4 is 5.82 Å². The van der Waals surface area contributed by atoms with Gasteiger partial charge >= 0.3 is 0 Å². The summed E-state index contributed by atoms with van der Waals surface area (Å²) in [5, 5.41) is 3.29. The number of aromatic nitrogens is 1. The SMILES string of the molecule is C#Cc1cccnc1NCc1cccc(COCC2CCCO2)c1. The van der Waals surface area contributed by atoms with Crippen LogP contribution >= 0.6 is 0 Å². The second-order valence-corrected chi connectivity index (χ2v) is 5.87. The summed E-state index contributed by atoms with van der Waals surface area (Å²) in [6, 6.07) is 12.1. The maximum atomic E-state index is 5.77. The fourth-order valence-corrected chi connectivity index (χ4v) is 2.76. The second kappa shape index (κ2) is 8.49. The van der Waals surface area contributed by atoms with Gasteiger partial charge in [0, 0.05) is 19.3 Å². The summed E-state index contributed by atoms with van der Waals surface area (Å²) in [5.74, 6) is 3.38. The van der Waals surface area contributed by atoms with Crippen LogP contribution in [0.2, 0.25) is 0 Å². The van der Waals surface area contributed by atoms with E-state index in [1.807, 2.05) is 18.2 Å². The van der Waals surface area contributed by atoms with Crippen molar-refractivity contribution in [3.05, 3.63) is 59.3 Å². The van der Waals surface area contributed by atoms with Crippen LogP contribution in [-0.2, 0) is 22.6 Å². The topological polar surface area (TPSA) is 43.4 Å². The lowest BCUT2D eigenvalue weighted by atomic mass is 10.1. The van der Waals surface area contributed by atoms with E-state index in [4.69, 9.17) is 15.9 Å². The summed E-state index contributed by atoms with van der Waals surface area (Å²) in [6.45, 7) is 2.81. The van der Waals surface area contributed by atoms with Crippen LogP contribution < -0.4 is 5.32 Å². The highest BCUT2D eigenvalue weighted by atomic mass is 16.5. The van der Waals surface area contributed by atoms with Crippen LogP contribution in [0.4, 0.5) is 5.82 Å². The van der Waals surface area contributed by atoms with Gasteiger partial charge in [-0.2, -0.15) is 0 Å². The number of rotatable bonds is 7. The Morgan fingerprint density at radius 2 is 2.21 bits per heavy atom. The first kappa shape index (κ1) is 16.5. The number of nitrogens with zero attached hydrogens (tertiary/aromatic N) is 1. The summed E-state index contributed by atoms with van der Waals surface area (Å²) < 4.78 is 11.3. The van der Waals surface area contributed by atoms with E-state index in [1.54, 1.807) is 6.20 Å². The van der Waals surface area contributed by atoms with Gasteiger partial charge in [0.05, 0.1) is 24.9 Å². The Morgan fingerprint density at radius 3 is 3.04 bits per heavy atom. The van der Waals surface area contributed by atoms with E-state index in [1.165, 1.54) is 5.56 Å². The van der Waals surface area contributed by atoms with Gasteiger partial charge in [-0.05, 0) is 36.1 Å². The molecule has 0 spiro atoms. The van der Waals surface area contributed by atoms with E-state index in [9.17, 15) is 0 Å². The average molecular weight is 322 g/mol. The highest BCUT2D eigenvalue weighted by Gasteiger charge is 2.15. The molecule has 0 radical (unpaired) electrons. The second-order valence-electron chi connectivity index (χ2n) is 5.87. The number of hydrogen-bond acceptors (Lipinski definition) is 4. The third-order valence-corrected chi connectivity index (χ3v) is 4.01. The fourth-order valence-electron chi connectivity index (χ4n) is 2.76. The van der Waals surface area contributed by atoms with Gasteiger partial charge in [-0.3, -0.25) is 0 Å². The smallest absolute Gasteiger partial charge is 0.141 e. The molecule has 0 bridgehead atoms. The number of ether oxygens (including phenoxy) is 2. The van der Waals surface area contributed by atoms with Crippen LogP contribution in [0.1, 0.15) is 29.5 Å². The molecule has 2 aromatic rings. The van der Waals surface area contributed by atoms with Crippen molar-refractivity contribution in [1.29, 1.82) is 0 Å². The Kier molecular flexibility index (Phi) is 5.84. The molecular formula is C20H22N2O2. The average Bonchev–Trinajstić information content (AvgIpc) is 3.14. The van der Waals surface area contributed by atoms with Crippen LogP contribution in [-0.4, -0.2) is 24.3 Å². The number of terminal acetylenes is 1. The molecule has 1 N–H and O–H groups in total. The maximum absolute atomic E-state index is 5.77. The van der Waals surface area contributed by atoms with Gasteiger partial charge in [-0.15, -0.1) is 6.42 Å². The van der Waals surface area contributed by atoms with Gasteiger partial charge < -0.3 is 14.8 Å². The maximum Gasteiger partial charge on any atom is 0.141 e. The van der Waals surface area contributed by atoms with Gasteiger partial charge in [-0.1, -0.05) is 30.2 Å². The van der Waals surface area contributed by atoms with Crippen LogP contribution in [0.3, 0.4) is 0 Å². The van der Waals surface area contributed by atoms with Crippen LogP contribution in [0.15, 0.2) is 42.6 Å². The monoisotopic (exact) mass is 322 g/mol. The quantitative estimate of drug-likeness (QED) is 0.794. The normalized spacial score (nSPS) is 16.7. The minimum Gasteiger partial charge on any atom is -0.376 e. The summed E-state index contributed by atoms with van der Waals surface area (Å²) in [5.41, 5.74) is 3.10. The summed E-state index contributed by atoms with van der Waals surface area (Å²) in [4.78, 5) is 4.29. The van der Waals surface area contributed by atoms with E-state index in [0.29, 0.717) is 19.8 Å². The molecule has 124 valence electrons. The minimum atomic E-state index is 0.265. The lowest BCUT2D eigenvalue weighted by Crippen LogP contribution is -2.13. The first-order valence-electron chi connectivity index (χ1n) is 8.28. The Labute approximate surface area is 143 Å². The summed E-state index contributed by atoms with van der Waals surface area (Å²) in [6.07, 6.45) is 9.74. The van der Waals surface area contributed by atoms with Gasteiger partial charge in [0.1, 0.15) is 5.82 Å². The Balaban J connectivity index is 1.52. The molecule has 1 aromatic heterocycles. The van der Waals surface area contributed by atoms with E-state index in [2.05, 4.69) is 34.4 Å². The molecule has 0 amide bonds. The van der Waals surface area contributed by atoms with Crippen molar-refractivity contribution in [1.82, 2.24) is 4.98 Å². The van der Waals surface area contributed by atoms with Crippen molar-refractivity contribution in [2.75, 3.05) is 18.5 Å². The number of benzene rings is 1. The Bertz CT molecular complexity index is 703. The van der Waals surface area contributed by atoms with Crippen molar-refractivity contribution < 1.29 is 9.47 Å². The molecule has 2 heterocycles. The predicted molar refractivity (Wildman–Crippen MR) is 94.6 cm³/mol. The molecule has 1 aliphatic rings. The number of hydrogen-bond donors (Lipinski definition) is 1. The number of anilines is 1. The standard InChI is InChI=1S/C20H22N2O2/c1-2-18-8-4-10-21-20(18)22-13-16-6-3-7-17(12-16)14-23-15-19-9-5-11-24-19/h1,3-4,6-8,10,12,19H,5,9,11,13-15H2,(H,21,22). The molecule has 24 heavy (non-hydrogen) atoms. The highest BCUT2D eigenvalue weighted by molar-refractivity contribution is 5.52. The third kappa shape index (κ3) is 4.58. The molecule has 0 aliphatic carbocycles. The number of nitrogens with one attached hydrogen (secondary N) is 1. The van der Waals surface area contributed by atoms with Crippen LogP contribution in [0, 0.1) is 12.3 Å². The number of pyridine rings is 1. The first-order valence-corrected chi connectivity index (χ1v) is 8.28. The molecule has 4 heteroatoms. The largest absolute Gasteiger partial charge is 0.376 e. The molecule has 0 saturated carbocycles. The van der Waals surface area contributed by atoms with Crippen LogP contribution in [0.5, 0.6) is 0 Å². The molecule has 1 fully saturated rings. The van der Waals surface area contributed by atoms with E-state index < -0.39 is 0 Å². The zero-order chi connectivity index (χ0) is 16.6. The molecule has 1 aromatic carbocycles. The van der Waals surface area contributed by atoms with Crippen molar-refractivity contribution in [3.8, 4) is 12.3 Å². The zero-order valence-electron chi connectivity index (χ0n) is 13.7. The molecule has 1 unspecified atom stereocenters. The third-order valence-electron chi connectivity index (χ3n) is 4.01. The van der Waals surface area contributed by atoms with Gasteiger partial charge in [0.2, 0.25) is 0 Å². The lowest BCUT2D eigenvalue weighted by molar-refractivity contribution is 0.0106. The first-order chi connectivity index (χ1) is 11.8. The van der Waals surface area contributed by atoms with Crippen molar-refractivity contribution in [2.45, 2.75) is 32.1 Å². The Hall–Kier alpha value is -2.35. The molecule has 1 saturated heterocycles. The molecule has 4 nitrogen and oxygen atoms in total. The van der Waals surface area contributed by atoms with Gasteiger partial charge in [0.15, 0.2) is 0 Å². The highest BCUT2D eigenvalue weighted by Crippen LogP contribution is 2.15. The van der Waals surface area contributed by atoms with Gasteiger partial charge in [0.25, 0.3) is 0 Å². The minimum absolute atomic E-state index is 0.265. The Morgan fingerprint density at radius 1 is 1.29 bits per heavy atom. The van der Waals surface area contributed by atoms with Gasteiger partial charge in [-0.25, -0.2) is 4.98 Å². The molecule has 3 rings (SSSR count). The summed E-state index contributed by atoms with van der Waals surface area (Å²) in [7, 11) is 0. The van der Waals surface area contributed by atoms with Crippen molar-refractivity contribution in [3.63, 3.8) is 0 Å². The van der Waals surface area contributed by atoms with E-state index in [0.717, 1.165) is 36.4 Å².